The number of carbonyl (C=O) groups excluding carboxylic acids is 3. The number of amides is 3. The van der Waals surface area contributed by atoms with Crippen LogP contribution in [-0.4, -0.2) is 47.3 Å². The summed E-state index contributed by atoms with van der Waals surface area (Å²) in [5, 5.41) is 5.34. The van der Waals surface area contributed by atoms with Gasteiger partial charge in [0.25, 0.3) is 5.91 Å². The fraction of sp³-hybridized carbons (Fsp3) is 0.727. The van der Waals surface area contributed by atoms with Crippen molar-refractivity contribution in [3.05, 3.63) is 0 Å². The lowest BCUT2D eigenvalue weighted by Gasteiger charge is -2.41. The number of hydrogen-bond donors (Lipinski definition) is 2. The van der Waals surface area contributed by atoms with Crippen LogP contribution in [0.4, 0.5) is 0 Å². The molecule has 0 unspecified atom stereocenters. The number of carbonyl (C=O) groups is 3. The predicted molar refractivity (Wildman–Crippen MR) is 60.0 cm³/mol. The summed E-state index contributed by atoms with van der Waals surface area (Å²) in [6.45, 7) is 4.07. The predicted octanol–water partition coefficient (Wildman–Crippen LogP) is -0.998. The Bertz CT molecular complexity index is 372. The Balaban J connectivity index is 2.19. The minimum atomic E-state index is -0.963. The molecule has 17 heavy (non-hydrogen) atoms. The van der Waals surface area contributed by atoms with Gasteiger partial charge in [-0.05, 0) is 33.2 Å². The summed E-state index contributed by atoms with van der Waals surface area (Å²) < 4.78 is 0. The van der Waals surface area contributed by atoms with E-state index in [0.29, 0.717) is 0 Å². The SMILES string of the molecule is CC1(C)C(=O)NC(=O)CN1C(=O)[C@@H]1CCCN1. The van der Waals surface area contributed by atoms with Crippen LogP contribution in [0.25, 0.3) is 0 Å². The van der Waals surface area contributed by atoms with Gasteiger partial charge >= 0.3 is 0 Å². The Morgan fingerprint density at radius 2 is 2.12 bits per heavy atom. The zero-order valence-electron chi connectivity index (χ0n) is 10.1. The van der Waals surface area contributed by atoms with Crippen molar-refractivity contribution in [1.29, 1.82) is 0 Å². The van der Waals surface area contributed by atoms with Crippen LogP contribution in [0.3, 0.4) is 0 Å². The average Bonchev–Trinajstić information content (AvgIpc) is 2.76. The molecule has 0 aromatic heterocycles. The van der Waals surface area contributed by atoms with Gasteiger partial charge in [-0.3, -0.25) is 19.7 Å². The van der Waals surface area contributed by atoms with Gasteiger partial charge in [0.1, 0.15) is 12.1 Å². The highest BCUT2D eigenvalue weighted by atomic mass is 16.2. The van der Waals surface area contributed by atoms with E-state index < -0.39 is 17.4 Å². The third-order valence-corrected chi connectivity index (χ3v) is 3.41. The van der Waals surface area contributed by atoms with Crippen molar-refractivity contribution in [1.82, 2.24) is 15.5 Å². The third-order valence-electron chi connectivity index (χ3n) is 3.41. The number of imide groups is 1. The van der Waals surface area contributed by atoms with Gasteiger partial charge in [-0.25, -0.2) is 0 Å². The highest BCUT2D eigenvalue weighted by Crippen LogP contribution is 2.21. The zero-order chi connectivity index (χ0) is 12.6. The second-order valence-electron chi connectivity index (χ2n) is 5.01. The van der Waals surface area contributed by atoms with Crippen LogP contribution in [-0.2, 0) is 14.4 Å². The van der Waals surface area contributed by atoms with Gasteiger partial charge in [-0.2, -0.15) is 0 Å². The minimum Gasteiger partial charge on any atom is -0.318 e. The van der Waals surface area contributed by atoms with Crippen molar-refractivity contribution in [2.75, 3.05) is 13.1 Å². The highest BCUT2D eigenvalue weighted by molar-refractivity contribution is 6.06. The van der Waals surface area contributed by atoms with Crippen molar-refractivity contribution in [3.8, 4) is 0 Å². The van der Waals surface area contributed by atoms with Gasteiger partial charge in [0.15, 0.2) is 0 Å². The van der Waals surface area contributed by atoms with Crippen LogP contribution in [0, 0.1) is 0 Å². The van der Waals surface area contributed by atoms with E-state index in [0.717, 1.165) is 19.4 Å². The number of piperazine rings is 1. The molecule has 2 saturated heterocycles. The largest absolute Gasteiger partial charge is 0.318 e. The van der Waals surface area contributed by atoms with E-state index in [4.69, 9.17) is 0 Å². The van der Waals surface area contributed by atoms with Gasteiger partial charge in [0.2, 0.25) is 11.8 Å². The summed E-state index contributed by atoms with van der Waals surface area (Å²) in [6, 6.07) is -0.257. The normalized spacial score (nSPS) is 28.1. The topological polar surface area (TPSA) is 78.5 Å². The Morgan fingerprint density at radius 1 is 1.41 bits per heavy atom. The molecule has 0 bridgehead atoms. The molecule has 2 aliphatic rings. The smallest absolute Gasteiger partial charge is 0.252 e. The molecule has 2 rings (SSSR count). The summed E-state index contributed by atoms with van der Waals surface area (Å²) >= 11 is 0. The highest BCUT2D eigenvalue weighted by Gasteiger charge is 2.45. The van der Waals surface area contributed by atoms with Gasteiger partial charge < -0.3 is 10.2 Å². The van der Waals surface area contributed by atoms with Gasteiger partial charge in [-0.15, -0.1) is 0 Å². The fourth-order valence-corrected chi connectivity index (χ4v) is 2.22. The Labute approximate surface area is 99.7 Å². The van der Waals surface area contributed by atoms with Gasteiger partial charge in [0, 0.05) is 0 Å². The summed E-state index contributed by atoms with van der Waals surface area (Å²) in [4.78, 5) is 36.7. The van der Waals surface area contributed by atoms with Crippen molar-refractivity contribution < 1.29 is 14.4 Å². The number of nitrogens with zero attached hydrogens (tertiary/aromatic N) is 1. The van der Waals surface area contributed by atoms with Crippen LogP contribution in [0.15, 0.2) is 0 Å². The first kappa shape index (κ1) is 12.0. The summed E-state index contributed by atoms with van der Waals surface area (Å²) in [5.74, 6) is -0.989. The molecule has 3 amide bonds. The van der Waals surface area contributed by atoms with E-state index in [-0.39, 0.29) is 18.5 Å². The molecule has 2 N–H and O–H groups in total. The summed E-state index contributed by atoms with van der Waals surface area (Å²) in [5.41, 5.74) is -0.963. The lowest BCUT2D eigenvalue weighted by Crippen LogP contribution is -2.67. The fourth-order valence-electron chi connectivity index (χ4n) is 2.22. The van der Waals surface area contributed by atoms with E-state index >= 15 is 0 Å². The van der Waals surface area contributed by atoms with Crippen LogP contribution in [0.1, 0.15) is 26.7 Å². The van der Waals surface area contributed by atoms with E-state index in [2.05, 4.69) is 10.6 Å². The standard InChI is InChI=1S/C11H17N3O3/c1-11(2)10(17)13-8(15)6-14(11)9(16)7-4-3-5-12-7/h7,12H,3-6H2,1-2H3,(H,13,15,17)/t7-/m0/s1. The van der Waals surface area contributed by atoms with E-state index in [1.54, 1.807) is 13.8 Å². The lowest BCUT2D eigenvalue weighted by molar-refractivity contribution is -0.156. The number of rotatable bonds is 1. The average molecular weight is 239 g/mol. The molecule has 6 heteroatoms. The molecule has 0 spiro atoms. The lowest BCUT2D eigenvalue weighted by atomic mass is 9.97. The van der Waals surface area contributed by atoms with Crippen molar-refractivity contribution in [3.63, 3.8) is 0 Å². The van der Waals surface area contributed by atoms with Crippen molar-refractivity contribution in [2.24, 2.45) is 0 Å². The van der Waals surface area contributed by atoms with Gasteiger partial charge in [-0.1, -0.05) is 0 Å². The van der Waals surface area contributed by atoms with Crippen LogP contribution < -0.4 is 10.6 Å². The minimum absolute atomic E-state index is 0.0459. The molecular formula is C11H17N3O3. The van der Waals surface area contributed by atoms with E-state index in [9.17, 15) is 14.4 Å². The second-order valence-corrected chi connectivity index (χ2v) is 5.01. The molecule has 0 aromatic carbocycles. The molecular weight excluding hydrogens is 222 g/mol. The molecule has 0 saturated carbocycles. The molecule has 0 radical (unpaired) electrons. The molecule has 0 aromatic rings. The number of hydrogen-bond acceptors (Lipinski definition) is 4. The van der Waals surface area contributed by atoms with Crippen LogP contribution >= 0.6 is 0 Å². The molecule has 2 aliphatic heterocycles. The molecule has 1 atom stereocenters. The maximum Gasteiger partial charge on any atom is 0.252 e. The molecule has 0 aliphatic carbocycles. The first-order chi connectivity index (χ1) is 7.93. The molecule has 6 nitrogen and oxygen atoms in total. The first-order valence-electron chi connectivity index (χ1n) is 5.82. The van der Waals surface area contributed by atoms with Crippen molar-refractivity contribution >= 4 is 17.7 Å². The second kappa shape index (κ2) is 4.10. The molecule has 2 heterocycles. The third kappa shape index (κ3) is 2.04. The van der Waals surface area contributed by atoms with Crippen LogP contribution in [0.2, 0.25) is 0 Å². The van der Waals surface area contributed by atoms with Crippen molar-refractivity contribution in [2.45, 2.75) is 38.3 Å². The Morgan fingerprint density at radius 3 is 2.71 bits per heavy atom. The zero-order valence-corrected chi connectivity index (χ0v) is 10.1. The van der Waals surface area contributed by atoms with E-state index in [1.807, 2.05) is 0 Å². The maximum atomic E-state index is 12.2. The summed E-state index contributed by atoms with van der Waals surface area (Å²) in [7, 11) is 0. The number of nitrogens with one attached hydrogen (secondary N) is 2. The molecule has 2 fully saturated rings. The monoisotopic (exact) mass is 239 g/mol. The maximum absolute atomic E-state index is 12.2. The van der Waals surface area contributed by atoms with E-state index in [1.165, 1.54) is 4.90 Å². The Kier molecular flexibility index (Phi) is 2.91. The van der Waals surface area contributed by atoms with Gasteiger partial charge in [0.05, 0.1) is 6.04 Å². The molecule has 94 valence electrons. The Hall–Kier alpha value is -1.43. The quantitative estimate of drug-likeness (QED) is 0.575. The first-order valence-corrected chi connectivity index (χ1v) is 5.82. The van der Waals surface area contributed by atoms with Crippen LogP contribution in [0.5, 0.6) is 0 Å². The summed E-state index contributed by atoms with van der Waals surface area (Å²) in [6.07, 6.45) is 1.71.